The van der Waals surface area contributed by atoms with Crippen LogP contribution in [0.4, 0.5) is 0 Å². The molecule has 1 unspecified atom stereocenters. The van der Waals surface area contributed by atoms with Gasteiger partial charge in [-0.1, -0.05) is 17.7 Å². The fourth-order valence-electron chi connectivity index (χ4n) is 2.42. The highest BCUT2D eigenvalue weighted by atomic mass is 35.5. The van der Waals surface area contributed by atoms with Crippen molar-refractivity contribution < 1.29 is 8.42 Å². The zero-order chi connectivity index (χ0) is 15.0. The SMILES string of the molecule is Cc1ccc(S(=O)(=O)N2CCC(n3nccn3)C2)cc1Cl. The van der Waals surface area contributed by atoms with E-state index in [0.29, 0.717) is 24.5 Å². The van der Waals surface area contributed by atoms with E-state index >= 15 is 0 Å². The van der Waals surface area contributed by atoms with Gasteiger partial charge in [-0.25, -0.2) is 8.42 Å². The van der Waals surface area contributed by atoms with Gasteiger partial charge in [0.05, 0.1) is 23.3 Å². The summed E-state index contributed by atoms with van der Waals surface area (Å²) in [6.45, 7) is 2.68. The molecule has 0 saturated carbocycles. The van der Waals surface area contributed by atoms with Crippen molar-refractivity contribution in [1.82, 2.24) is 19.3 Å². The smallest absolute Gasteiger partial charge is 0.207 e. The molecule has 2 aromatic rings. The van der Waals surface area contributed by atoms with Crippen molar-refractivity contribution in [1.29, 1.82) is 0 Å². The van der Waals surface area contributed by atoms with Crippen LogP contribution in [0.25, 0.3) is 0 Å². The fraction of sp³-hybridized carbons (Fsp3) is 0.385. The molecule has 2 heterocycles. The van der Waals surface area contributed by atoms with Gasteiger partial charge in [-0.05, 0) is 31.0 Å². The van der Waals surface area contributed by atoms with Crippen molar-refractivity contribution in [2.75, 3.05) is 13.1 Å². The largest absolute Gasteiger partial charge is 0.243 e. The van der Waals surface area contributed by atoms with Gasteiger partial charge in [0, 0.05) is 18.1 Å². The molecule has 0 aliphatic carbocycles. The number of hydrogen-bond acceptors (Lipinski definition) is 4. The van der Waals surface area contributed by atoms with Gasteiger partial charge < -0.3 is 0 Å². The lowest BCUT2D eigenvalue weighted by Gasteiger charge is -2.17. The molecule has 8 heteroatoms. The summed E-state index contributed by atoms with van der Waals surface area (Å²) < 4.78 is 26.7. The summed E-state index contributed by atoms with van der Waals surface area (Å²) in [6, 6.07) is 4.80. The van der Waals surface area contributed by atoms with E-state index in [-0.39, 0.29) is 10.9 Å². The van der Waals surface area contributed by atoms with Gasteiger partial charge in [-0.2, -0.15) is 19.3 Å². The van der Waals surface area contributed by atoms with Gasteiger partial charge >= 0.3 is 0 Å². The van der Waals surface area contributed by atoms with Crippen molar-refractivity contribution in [2.24, 2.45) is 0 Å². The molecule has 6 nitrogen and oxygen atoms in total. The van der Waals surface area contributed by atoms with Gasteiger partial charge in [0.15, 0.2) is 0 Å². The summed E-state index contributed by atoms with van der Waals surface area (Å²) in [5.41, 5.74) is 0.857. The zero-order valence-corrected chi connectivity index (χ0v) is 13.0. The number of aryl methyl sites for hydroxylation is 1. The maximum atomic E-state index is 12.6. The third kappa shape index (κ3) is 2.68. The Kier molecular flexibility index (Phi) is 3.73. The average Bonchev–Trinajstić information content (AvgIpc) is 3.11. The van der Waals surface area contributed by atoms with E-state index in [2.05, 4.69) is 10.2 Å². The van der Waals surface area contributed by atoms with Crippen LogP contribution in [0, 0.1) is 6.92 Å². The van der Waals surface area contributed by atoms with Gasteiger partial charge in [-0.3, -0.25) is 0 Å². The molecule has 1 aromatic heterocycles. The summed E-state index contributed by atoms with van der Waals surface area (Å²) in [5.74, 6) is 0. The molecule has 1 fully saturated rings. The minimum atomic E-state index is -3.52. The van der Waals surface area contributed by atoms with Crippen molar-refractivity contribution in [3.05, 3.63) is 41.2 Å². The molecule has 21 heavy (non-hydrogen) atoms. The van der Waals surface area contributed by atoms with Gasteiger partial charge in [0.2, 0.25) is 10.0 Å². The molecular weight excluding hydrogens is 312 g/mol. The third-order valence-electron chi connectivity index (χ3n) is 3.67. The minimum Gasteiger partial charge on any atom is -0.207 e. The van der Waals surface area contributed by atoms with Gasteiger partial charge in [0.1, 0.15) is 0 Å². The van der Waals surface area contributed by atoms with Crippen LogP contribution in [0.3, 0.4) is 0 Å². The van der Waals surface area contributed by atoms with Gasteiger partial charge in [0.25, 0.3) is 0 Å². The van der Waals surface area contributed by atoms with Crippen LogP contribution >= 0.6 is 11.6 Å². The van der Waals surface area contributed by atoms with E-state index in [0.717, 1.165) is 5.56 Å². The number of benzene rings is 1. The van der Waals surface area contributed by atoms with E-state index in [1.54, 1.807) is 29.3 Å². The Bertz CT molecular complexity index is 746. The van der Waals surface area contributed by atoms with Crippen LogP contribution in [0.5, 0.6) is 0 Å². The lowest BCUT2D eigenvalue weighted by Crippen LogP contribution is -2.29. The first-order valence-corrected chi connectivity index (χ1v) is 8.42. The minimum absolute atomic E-state index is 0.0179. The summed E-state index contributed by atoms with van der Waals surface area (Å²) >= 11 is 6.03. The third-order valence-corrected chi connectivity index (χ3v) is 5.94. The average molecular weight is 327 g/mol. The van der Waals surface area contributed by atoms with E-state index in [4.69, 9.17) is 11.6 Å². The molecule has 1 saturated heterocycles. The maximum Gasteiger partial charge on any atom is 0.243 e. The molecule has 0 radical (unpaired) electrons. The molecule has 1 aromatic carbocycles. The Hall–Kier alpha value is -1.44. The summed E-state index contributed by atoms with van der Waals surface area (Å²) in [7, 11) is -3.52. The van der Waals surface area contributed by atoms with Crippen LogP contribution < -0.4 is 0 Å². The second-order valence-corrected chi connectivity index (χ2v) is 7.41. The molecule has 0 amide bonds. The predicted molar refractivity (Wildman–Crippen MR) is 78.6 cm³/mol. The van der Waals surface area contributed by atoms with Crippen LogP contribution in [0.2, 0.25) is 5.02 Å². The molecule has 112 valence electrons. The van der Waals surface area contributed by atoms with Crippen LogP contribution in [0.1, 0.15) is 18.0 Å². The quantitative estimate of drug-likeness (QED) is 0.863. The predicted octanol–water partition coefficient (Wildman–Crippen LogP) is 1.88. The molecule has 1 atom stereocenters. The van der Waals surface area contributed by atoms with E-state index < -0.39 is 10.0 Å². The number of nitrogens with zero attached hydrogens (tertiary/aromatic N) is 4. The van der Waals surface area contributed by atoms with Crippen molar-refractivity contribution >= 4 is 21.6 Å². The number of rotatable bonds is 3. The van der Waals surface area contributed by atoms with E-state index in [9.17, 15) is 8.42 Å². The number of halogens is 1. The van der Waals surface area contributed by atoms with E-state index in [1.165, 1.54) is 10.4 Å². The summed E-state index contributed by atoms with van der Waals surface area (Å²) in [5, 5.41) is 8.61. The van der Waals surface area contributed by atoms with Crippen LogP contribution in [0.15, 0.2) is 35.5 Å². The first-order chi connectivity index (χ1) is 9.98. The van der Waals surface area contributed by atoms with Crippen LogP contribution in [-0.2, 0) is 10.0 Å². The Morgan fingerprint density at radius 2 is 2.00 bits per heavy atom. The Morgan fingerprint density at radius 1 is 1.29 bits per heavy atom. The molecule has 3 rings (SSSR count). The fourth-order valence-corrected chi connectivity index (χ4v) is 4.18. The monoisotopic (exact) mass is 326 g/mol. The Labute approximate surface area is 128 Å². The highest BCUT2D eigenvalue weighted by Crippen LogP contribution is 2.28. The number of hydrogen-bond donors (Lipinski definition) is 0. The van der Waals surface area contributed by atoms with E-state index in [1.807, 2.05) is 6.92 Å². The maximum absolute atomic E-state index is 12.6. The van der Waals surface area contributed by atoms with Gasteiger partial charge in [-0.15, -0.1) is 0 Å². The lowest BCUT2D eigenvalue weighted by molar-refractivity contribution is 0.402. The first-order valence-electron chi connectivity index (χ1n) is 6.60. The lowest BCUT2D eigenvalue weighted by atomic mass is 10.2. The van der Waals surface area contributed by atoms with Crippen molar-refractivity contribution in [3.8, 4) is 0 Å². The molecular formula is C13H15ClN4O2S. The molecule has 1 aliphatic rings. The summed E-state index contributed by atoms with van der Waals surface area (Å²) in [4.78, 5) is 1.80. The normalized spacial score (nSPS) is 20.0. The number of sulfonamides is 1. The standard InChI is InChI=1S/C13H15ClN4O2S/c1-10-2-3-12(8-13(10)14)21(19,20)17-7-4-11(9-17)18-15-5-6-16-18/h2-3,5-6,8,11H,4,7,9H2,1H3. The summed E-state index contributed by atoms with van der Waals surface area (Å²) in [6.07, 6.45) is 3.89. The highest BCUT2D eigenvalue weighted by Gasteiger charge is 2.34. The molecule has 1 aliphatic heterocycles. The Morgan fingerprint density at radius 3 is 2.67 bits per heavy atom. The van der Waals surface area contributed by atoms with Crippen molar-refractivity contribution in [3.63, 3.8) is 0 Å². The van der Waals surface area contributed by atoms with Crippen molar-refractivity contribution in [2.45, 2.75) is 24.3 Å². The second-order valence-electron chi connectivity index (χ2n) is 5.07. The first kappa shape index (κ1) is 14.5. The second kappa shape index (κ2) is 5.40. The Balaban J connectivity index is 1.84. The molecule has 0 bridgehead atoms. The topological polar surface area (TPSA) is 68.1 Å². The highest BCUT2D eigenvalue weighted by molar-refractivity contribution is 7.89. The molecule has 0 N–H and O–H groups in total. The zero-order valence-electron chi connectivity index (χ0n) is 11.5. The number of aromatic nitrogens is 3. The van der Waals surface area contributed by atoms with Crippen LogP contribution in [-0.4, -0.2) is 40.8 Å². The molecule has 0 spiro atoms.